The zero-order chi connectivity index (χ0) is 15.2. The molecule has 0 radical (unpaired) electrons. The van der Waals surface area contributed by atoms with Gasteiger partial charge in [0, 0.05) is 42.8 Å². The molecule has 3 nitrogen and oxygen atoms in total. The summed E-state index contributed by atoms with van der Waals surface area (Å²) in [7, 11) is 0. The van der Waals surface area contributed by atoms with Crippen LogP contribution in [-0.2, 0) is 0 Å². The highest BCUT2D eigenvalue weighted by Crippen LogP contribution is 2.39. The standard InChI is InChI=1S/C16H24Cl2N2O/c1-2-3-4-5-15(20-8-6-19-7-9-20)13-10-12(17)11-14(18)16(13)21/h10-11,15,19,21H,2-9H2,1H3/t15-/m0/s1. The first kappa shape index (κ1) is 16.9. The number of rotatable bonds is 6. The van der Waals surface area contributed by atoms with E-state index in [2.05, 4.69) is 17.1 Å². The number of benzene rings is 1. The Balaban J connectivity index is 2.24. The van der Waals surface area contributed by atoms with Gasteiger partial charge in [-0.05, 0) is 18.6 Å². The molecule has 0 aliphatic carbocycles. The zero-order valence-corrected chi connectivity index (χ0v) is 14.1. The second kappa shape index (κ2) is 8.23. The maximum atomic E-state index is 10.3. The van der Waals surface area contributed by atoms with Crippen LogP contribution in [0.15, 0.2) is 12.1 Å². The van der Waals surface area contributed by atoms with E-state index in [0.717, 1.165) is 44.6 Å². The van der Waals surface area contributed by atoms with Crippen LogP contribution in [0.2, 0.25) is 10.0 Å². The van der Waals surface area contributed by atoms with Crippen LogP contribution in [0, 0.1) is 0 Å². The van der Waals surface area contributed by atoms with Gasteiger partial charge in [0.15, 0.2) is 0 Å². The highest BCUT2D eigenvalue weighted by Gasteiger charge is 2.25. The fourth-order valence-corrected chi connectivity index (χ4v) is 3.47. The maximum absolute atomic E-state index is 10.3. The number of unbranched alkanes of at least 4 members (excludes halogenated alkanes) is 2. The molecule has 0 bridgehead atoms. The monoisotopic (exact) mass is 330 g/mol. The Bertz CT molecular complexity index is 462. The average Bonchev–Trinajstić information content (AvgIpc) is 2.49. The number of hydrogen-bond donors (Lipinski definition) is 2. The summed E-state index contributed by atoms with van der Waals surface area (Å²) in [5.74, 6) is 0.182. The van der Waals surface area contributed by atoms with Crippen LogP contribution in [0.1, 0.15) is 44.2 Å². The van der Waals surface area contributed by atoms with Gasteiger partial charge in [-0.25, -0.2) is 0 Å². The predicted molar refractivity (Wildman–Crippen MR) is 89.5 cm³/mol. The van der Waals surface area contributed by atoms with E-state index in [-0.39, 0.29) is 11.8 Å². The minimum Gasteiger partial charge on any atom is -0.506 e. The van der Waals surface area contributed by atoms with Crippen molar-refractivity contribution in [3.8, 4) is 5.75 Å². The zero-order valence-electron chi connectivity index (χ0n) is 12.5. The first-order valence-corrected chi connectivity index (χ1v) is 8.51. The minimum absolute atomic E-state index is 0.182. The molecule has 1 aliphatic rings. The lowest BCUT2D eigenvalue weighted by Crippen LogP contribution is -2.45. The van der Waals surface area contributed by atoms with Crippen LogP contribution in [0.3, 0.4) is 0 Å². The molecule has 1 aromatic rings. The lowest BCUT2D eigenvalue weighted by molar-refractivity contribution is 0.160. The van der Waals surface area contributed by atoms with Crippen molar-refractivity contribution in [2.24, 2.45) is 0 Å². The molecule has 1 aromatic carbocycles. The van der Waals surface area contributed by atoms with Gasteiger partial charge in [0.05, 0.1) is 5.02 Å². The molecule has 1 aliphatic heterocycles. The van der Waals surface area contributed by atoms with Crippen molar-refractivity contribution in [1.29, 1.82) is 0 Å². The molecule has 5 heteroatoms. The Morgan fingerprint density at radius 3 is 2.62 bits per heavy atom. The lowest BCUT2D eigenvalue weighted by Gasteiger charge is -2.35. The summed E-state index contributed by atoms with van der Waals surface area (Å²) in [6, 6.07) is 3.65. The Hall–Kier alpha value is -0.480. The first-order valence-electron chi connectivity index (χ1n) is 7.76. The maximum Gasteiger partial charge on any atom is 0.139 e. The molecule has 2 rings (SSSR count). The van der Waals surface area contributed by atoms with Crippen molar-refractivity contribution >= 4 is 23.2 Å². The lowest BCUT2D eigenvalue weighted by atomic mass is 9.97. The molecule has 0 spiro atoms. The van der Waals surface area contributed by atoms with Gasteiger partial charge in [0.1, 0.15) is 5.75 Å². The molecule has 1 fully saturated rings. The molecule has 0 aromatic heterocycles. The molecule has 118 valence electrons. The summed E-state index contributed by atoms with van der Waals surface area (Å²) >= 11 is 12.2. The Morgan fingerprint density at radius 1 is 1.24 bits per heavy atom. The number of nitrogens with one attached hydrogen (secondary N) is 1. The summed E-state index contributed by atoms with van der Waals surface area (Å²) in [5.41, 5.74) is 0.866. The van der Waals surface area contributed by atoms with E-state index in [9.17, 15) is 5.11 Å². The first-order chi connectivity index (χ1) is 10.1. The average molecular weight is 331 g/mol. The van der Waals surface area contributed by atoms with Crippen LogP contribution in [0.4, 0.5) is 0 Å². The van der Waals surface area contributed by atoms with Crippen LogP contribution in [0.25, 0.3) is 0 Å². The number of phenolic OH excluding ortho intramolecular Hbond substituents is 1. The van der Waals surface area contributed by atoms with Gasteiger partial charge in [0.25, 0.3) is 0 Å². The van der Waals surface area contributed by atoms with E-state index in [1.807, 2.05) is 6.07 Å². The summed E-state index contributed by atoms with van der Waals surface area (Å²) < 4.78 is 0. The van der Waals surface area contributed by atoms with Gasteiger partial charge in [-0.3, -0.25) is 4.90 Å². The van der Waals surface area contributed by atoms with Crippen molar-refractivity contribution in [1.82, 2.24) is 10.2 Å². The normalized spacial score (nSPS) is 17.9. The number of halogens is 2. The van der Waals surface area contributed by atoms with Gasteiger partial charge in [0.2, 0.25) is 0 Å². The van der Waals surface area contributed by atoms with Gasteiger partial charge in [-0.1, -0.05) is 49.4 Å². The number of hydrogen-bond acceptors (Lipinski definition) is 3. The Morgan fingerprint density at radius 2 is 1.95 bits per heavy atom. The molecule has 2 N–H and O–H groups in total. The second-order valence-corrected chi connectivity index (χ2v) is 6.47. The van der Waals surface area contributed by atoms with Gasteiger partial charge in [-0.2, -0.15) is 0 Å². The summed E-state index contributed by atoms with van der Waals surface area (Å²) in [6.07, 6.45) is 4.57. The smallest absolute Gasteiger partial charge is 0.139 e. The minimum atomic E-state index is 0.182. The molecule has 0 unspecified atom stereocenters. The van der Waals surface area contributed by atoms with E-state index < -0.39 is 0 Å². The van der Waals surface area contributed by atoms with Crippen LogP contribution >= 0.6 is 23.2 Å². The molecule has 0 amide bonds. The van der Waals surface area contributed by atoms with Crippen molar-refractivity contribution in [3.05, 3.63) is 27.7 Å². The molecule has 1 heterocycles. The SMILES string of the molecule is CCCCC[C@@H](c1cc(Cl)cc(Cl)c1O)N1CCNCC1. The fraction of sp³-hybridized carbons (Fsp3) is 0.625. The molecule has 1 saturated heterocycles. The van der Waals surface area contributed by atoms with Crippen molar-refractivity contribution in [2.45, 2.75) is 38.6 Å². The summed E-state index contributed by atoms with van der Waals surface area (Å²) in [4.78, 5) is 2.42. The van der Waals surface area contributed by atoms with E-state index in [0.29, 0.717) is 10.0 Å². The summed E-state index contributed by atoms with van der Waals surface area (Å²) in [5, 5.41) is 14.6. The topological polar surface area (TPSA) is 35.5 Å². The fourth-order valence-electron chi connectivity index (χ4n) is 2.96. The molecule has 0 saturated carbocycles. The highest BCUT2D eigenvalue weighted by molar-refractivity contribution is 6.35. The van der Waals surface area contributed by atoms with E-state index >= 15 is 0 Å². The third kappa shape index (κ3) is 4.49. The molecule has 21 heavy (non-hydrogen) atoms. The van der Waals surface area contributed by atoms with Gasteiger partial charge >= 0.3 is 0 Å². The van der Waals surface area contributed by atoms with E-state index in [1.165, 1.54) is 12.8 Å². The van der Waals surface area contributed by atoms with Crippen LogP contribution < -0.4 is 5.32 Å². The van der Waals surface area contributed by atoms with Crippen LogP contribution in [-0.4, -0.2) is 36.2 Å². The third-order valence-corrected chi connectivity index (χ3v) is 4.60. The molecular weight excluding hydrogens is 307 g/mol. The third-order valence-electron chi connectivity index (χ3n) is 4.09. The second-order valence-electron chi connectivity index (χ2n) is 5.62. The van der Waals surface area contributed by atoms with E-state index in [4.69, 9.17) is 23.2 Å². The van der Waals surface area contributed by atoms with Gasteiger partial charge in [-0.15, -0.1) is 0 Å². The van der Waals surface area contributed by atoms with Crippen molar-refractivity contribution < 1.29 is 5.11 Å². The Kier molecular flexibility index (Phi) is 6.62. The largest absolute Gasteiger partial charge is 0.506 e. The van der Waals surface area contributed by atoms with Gasteiger partial charge < -0.3 is 10.4 Å². The number of piperazine rings is 1. The molecular formula is C16H24Cl2N2O. The number of aromatic hydroxyl groups is 1. The quantitative estimate of drug-likeness (QED) is 0.766. The number of phenols is 1. The highest BCUT2D eigenvalue weighted by atomic mass is 35.5. The Labute approximate surface area is 137 Å². The van der Waals surface area contributed by atoms with Crippen LogP contribution in [0.5, 0.6) is 5.75 Å². The summed E-state index contributed by atoms with van der Waals surface area (Å²) in [6.45, 7) is 6.15. The number of nitrogens with zero attached hydrogens (tertiary/aromatic N) is 1. The van der Waals surface area contributed by atoms with E-state index in [1.54, 1.807) is 6.07 Å². The van der Waals surface area contributed by atoms with Crippen molar-refractivity contribution in [2.75, 3.05) is 26.2 Å². The predicted octanol–water partition coefficient (Wildman–Crippen LogP) is 4.23. The van der Waals surface area contributed by atoms with Crippen molar-refractivity contribution in [3.63, 3.8) is 0 Å². The molecule has 1 atom stereocenters.